The Bertz CT molecular complexity index is 1590. The van der Waals surface area contributed by atoms with Crippen molar-refractivity contribution in [2.75, 3.05) is 0 Å². The second-order valence-corrected chi connectivity index (χ2v) is 14.5. The SMILES string of the molecule is CCC1(C)c2cccc3nc(C(C)(C)C)n4c5cc6c(cc5[n+](c4c23)C1(C)CC)C(C)(C)CC6(C)C. The maximum Gasteiger partial charge on any atom is 0.299 e. The van der Waals surface area contributed by atoms with Crippen molar-refractivity contribution in [1.29, 1.82) is 0 Å². The van der Waals surface area contributed by atoms with Crippen LogP contribution in [-0.4, -0.2) is 9.38 Å². The second-order valence-electron chi connectivity index (χ2n) is 14.5. The molecule has 0 fully saturated rings. The Kier molecular flexibility index (Phi) is 4.46. The summed E-state index contributed by atoms with van der Waals surface area (Å²) in [6.07, 6.45) is 3.34. The van der Waals surface area contributed by atoms with Crippen LogP contribution in [0.4, 0.5) is 0 Å². The van der Waals surface area contributed by atoms with Crippen molar-refractivity contribution in [1.82, 2.24) is 9.38 Å². The van der Waals surface area contributed by atoms with Crippen LogP contribution in [-0.2, 0) is 27.2 Å². The Morgan fingerprint density at radius 1 is 0.889 bits per heavy atom. The zero-order valence-electron chi connectivity index (χ0n) is 24.3. The third-order valence-electron chi connectivity index (χ3n) is 10.4. The van der Waals surface area contributed by atoms with Crippen LogP contribution in [0.25, 0.3) is 27.6 Å². The number of nitrogens with zero attached hydrogens (tertiary/aromatic N) is 3. The van der Waals surface area contributed by atoms with Crippen LogP contribution in [0.5, 0.6) is 0 Å². The Hall–Kier alpha value is -2.42. The van der Waals surface area contributed by atoms with Crippen LogP contribution in [0, 0.1) is 0 Å². The van der Waals surface area contributed by atoms with Gasteiger partial charge in [-0.25, -0.2) is 9.55 Å². The molecule has 2 atom stereocenters. The third-order valence-corrected chi connectivity index (χ3v) is 10.4. The minimum atomic E-state index is -0.0874. The molecule has 190 valence electrons. The third kappa shape index (κ3) is 2.60. The van der Waals surface area contributed by atoms with Gasteiger partial charge in [-0.2, -0.15) is 4.40 Å². The highest BCUT2D eigenvalue weighted by Crippen LogP contribution is 2.53. The standard InChI is InChI=1S/C33H44N3/c1-12-32(10)20-15-14-16-23-26(20)27-35(28(34-23)29(3,4)5)24-17-21-22(31(8,9)19-30(21,6)7)18-25(24)36(27)33(32,11)13-2/h14-18H,12-13,19H2,1-11H3/q+1. The summed E-state index contributed by atoms with van der Waals surface area (Å²) in [6.45, 7) is 26.4. The Morgan fingerprint density at radius 3 is 2.11 bits per heavy atom. The fraction of sp³-hybridized carbons (Fsp3) is 0.576. The van der Waals surface area contributed by atoms with Gasteiger partial charge in [0.15, 0.2) is 11.0 Å². The molecule has 2 aliphatic rings. The highest BCUT2D eigenvalue weighted by molar-refractivity contribution is 5.98. The van der Waals surface area contributed by atoms with Gasteiger partial charge < -0.3 is 0 Å². The van der Waals surface area contributed by atoms with E-state index in [9.17, 15) is 0 Å². The number of rotatable bonds is 2. The monoisotopic (exact) mass is 482 g/mol. The first-order chi connectivity index (χ1) is 16.6. The van der Waals surface area contributed by atoms with Crippen LogP contribution in [0.15, 0.2) is 30.3 Å². The van der Waals surface area contributed by atoms with Gasteiger partial charge in [0.2, 0.25) is 5.82 Å². The summed E-state index contributed by atoms with van der Waals surface area (Å²) >= 11 is 0. The van der Waals surface area contributed by atoms with Crippen LogP contribution in [0.2, 0.25) is 0 Å². The molecule has 6 rings (SSSR count). The summed E-state index contributed by atoms with van der Waals surface area (Å²) in [7, 11) is 0. The molecule has 0 amide bonds. The lowest BCUT2D eigenvalue weighted by atomic mass is 9.62. The van der Waals surface area contributed by atoms with E-state index in [0.29, 0.717) is 0 Å². The van der Waals surface area contributed by atoms with Crippen molar-refractivity contribution in [2.45, 2.75) is 123 Å². The first-order valence-electron chi connectivity index (χ1n) is 14.0. The second kappa shape index (κ2) is 6.71. The molecule has 0 saturated carbocycles. The molecule has 2 aromatic heterocycles. The topological polar surface area (TPSA) is 21.2 Å². The van der Waals surface area contributed by atoms with Crippen molar-refractivity contribution in [3.8, 4) is 0 Å². The van der Waals surface area contributed by atoms with Crippen molar-refractivity contribution in [2.24, 2.45) is 0 Å². The molecule has 0 saturated heterocycles. The largest absolute Gasteiger partial charge is 0.299 e. The number of benzene rings is 2. The zero-order valence-corrected chi connectivity index (χ0v) is 24.3. The molecule has 3 heteroatoms. The maximum atomic E-state index is 5.41. The quantitative estimate of drug-likeness (QED) is 0.265. The fourth-order valence-electron chi connectivity index (χ4n) is 8.27. The smallest absolute Gasteiger partial charge is 0.216 e. The van der Waals surface area contributed by atoms with Gasteiger partial charge in [-0.1, -0.05) is 81.4 Å². The van der Waals surface area contributed by atoms with Gasteiger partial charge in [0.1, 0.15) is 5.54 Å². The van der Waals surface area contributed by atoms with Crippen molar-refractivity contribution < 1.29 is 4.57 Å². The summed E-state index contributed by atoms with van der Waals surface area (Å²) in [5.74, 6) is 1.15. The zero-order chi connectivity index (χ0) is 26.2. The predicted octanol–water partition coefficient (Wildman–Crippen LogP) is 7.99. The van der Waals surface area contributed by atoms with Crippen molar-refractivity contribution in [3.63, 3.8) is 0 Å². The molecule has 2 aromatic carbocycles. The van der Waals surface area contributed by atoms with Gasteiger partial charge in [-0.05, 0) is 71.9 Å². The van der Waals surface area contributed by atoms with E-state index in [-0.39, 0.29) is 27.2 Å². The van der Waals surface area contributed by atoms with Crippen molar-refractivity contribution in [3.05, 3.63) is 52.8 Å². The lowest BCUT2D eigenvalue weighted by molar-refractivity contribution is -0.728. The summed E-state index contributed by atoms with van der Waals surface area (Å²) in [4.78, 5) is 5.41. The molecule has 0 bridgehead atoms. The number of aromatic nitrogens is 3. The average molecular weight is 483 g/mol. The Balaban J connectivity index is 1.97. The van der Waals surface area contributed by atoms with Gasteiger partial charge in [-0.15, -0.1) is 0 Å². The minimum absolute atomic E-state index is 0.00638. The molecule has 0 spiro atoms. The van der Waals surface area contributed by atoms with E-state index in [1.807, 2.05) is 0 Å². The molecule has 2 unspecified atom stereocenters. The number of hydrogen-bond donors (Lipinski definition) is 0. The van der Waals surface area contributed by atoms with E-state index in [4.69, 9.17) is 4.98 Å². The summed E-state index contributed by atoms with van der Waals surface area (Å²) in [5.41, 5.74) is 9.84. The van der Waals surface area contributed by atoms with Gasteiger partial charge in [0.25, 0.3) is 5.65 Å². The van der Waals surface area contributed by atoms with Crippen LogP contribution < -0.4 is 4.57 Å². The van der Waals surface area contributed by atoms with E-state index in [0.717, 1.165) is 24.2 Å². The van der Waals surface area contributed by atoms with Gasteiger partial charge in [0.05, 0.1) is 10.9 Å². The highest BCUT2D eigenvalue weighted by atomic mass is 15.2. The minimum Gasteiger partial charge on any atom is -0.216 e. The van der Waals surface area contributed by atoms with E-state index in [1.165, 1.54) is 45.2 Å². The number of hydrogen-bond acceptors (Lipinski definition) is 1. The van der Waals surface area contributed by atoms with Gasteiger partial charge in [0, 0.05) is 10.8 Å². The molecule has 4 aromatic rings. The first-order valence-corrected chi connectivity index (χ1v) is 14.0. The summed E-state index contributed by atoms with van der Waals surface area (Å²) in [5, 5.41) is 1.34. The molecular weight excluding hydrogens is 438 g/mol. The molecular formula is C33H44N3+. The molecule has 3 nitrogen and oxygen atoms in total. The fourth-order valence-corrected chi connectivity index (χ4v) is 8.27. The number of fused-ring (bicyclic) bond motifs is 4. The van der Waals surface area contributed by atoms with E-state index < -0.39 is 0 Å². The maximum absolute atomic E-state index is 5.41. The van der Waals surface area contributed by atoms with Crippen LogP contribution >= 0.6 is 0 Å². The van der Waals surface area contributed by atoms with Gasteiger partial charge >= 0.3 is 0 Å². The Morgan fingerprint density at radius 2 is 1.53 bits per heavy atom. The molecule has 0 radical (unpaired) electrons. The highest BCUT2D eigenvalue weighted by Gasteiger charge is 2.56. The number of imidazole rings is 1. The summed E-state index contributed by atoms with van der Waals surface area (Å²) in [6, 6.07) is 12.0. The normalized spacial score (nSPS) is 26.4. The van der Waals surface area contributed by atoms with E-state index in [2.05, 4.69) is 115 Å². The molecule has 1 aliphatic carbocycles. The molecule has 1 aliphatic heterocycles. The molecule has 36 heavy (non-hydrogen) atoms. The predicted molar refractivity (Wildman–Crippen MR) is 151 cm³/mol. The lowest BCUT2D eigenvalue weighted by Gasteiger charge is -2.46. The first kappa shape index (κ1) is 23.9. The van der Waals surface area contributed by atoms with Crippen molar-refractivity contribution >= 4 is 27.6 Å². The lowest BCUT2D eigenvalue weighted by Crippen LogP contribution is -2.66. The van der Waals surface area contributed by atoms with E-state index in [1.54, 1.807) is 0 Å². The Labute approximate surface area is 216 Å². The average Bonchev–Trinajstić information content (AvgIpc) is 3.23. The van der Waals surface area contributed by atoms with Crippen LogP contribution in [0.1, 0.15) is 118 Å². The summed E-state index contributed by atoms with van der Waals surface area (Å²) < 4.78 is 5.30. The molecule has 0 N–H and O–H groups in total. The van der Waals surface area contributed by atoms with Gasteiger partial charge in [-0.3, -0.25) is 0 Å². The van der Waals surface area contributed by atoms with Crippen LogP contribution in [0.3, 0.4) is 0 Å². The molecule has 3 heterocycles. The van der Waals surface area contributed by atoms with E-state index >= 15 is 0 Å².